The molecule has 2 aromatic rings. The van der Waals surface area contributed by atoms with Crippen LogP contribution in [0.5, 0.6) is 5.75 Å². The molecule has 28 heavy (non-hydrogen) atoms. The number of carbonyl (C=O) groups is 2. The number of rotatable bonds is 7. The van der Waals surface area contributed by atoms with Crippen LogP contribution in [0.4, 0.5) is 5.69 Å². The van der Waals surface area contributed by atoms with Gasteiger partial charge >= 0.3 is 5.97 Å². The Morgan fingerprint density at radius 3 is 2.43 bits per heavy atom. The summed E-state index contributed by atoms with van der Waals surface area (Å²) >= 11 is 4.12. The first-order valence-corrected chi connectivity index (χ1v) is 9.91. The topological polar surface area (TPSA) is 119 Å². The molecule has 2 aromatic carbocycles. The molecule has 10 heteroatoms. The van der Waals surface area contributed by atoms with E-state index in [1.807, 2.05) is 0 Å². The molecule has 0 aliphatic heterocycles. The zero-order chi connectivity index (χ0) is 20.8. The van der Waals surface area contributed by atoms with Gasteiger partial charge in [0.05, 0.1) is 12.1 Å². The van der Waals surface area contributed by atoms with Gasteiger partial charge in [-0.2, -0.15) is 0 Å². The van der Waals surface area contributed by atoms with Gasteiger partial charge in [0.1, 0.15) is 18.1 Å². The summed E-state index contributed by atoms with van der Waals surface area (Å²) in [7, 11) is 0. The second kappa shape index (κ2) is 9.82. The molecule has 2 rings (SSSR count). The van der Waals surface area contributed by atoms with Gasteiger partial charge in [-0.3, -0.25) is 14.9 Å². The van der Waals surface area contributed by atoms with Gasteiger partial charge in [0.2, 0.25) is 5.91 Å². The molecule has 0 saturated carbocycles. The van der Waals surface area contributed by atoms with Gasteiger partial charge in [-0.1, -0.05) is 12.1 Å². The van der Waals surface area contributed by atoms with Crippen LogP contribution in [0, 0.1) is 17.3 Å². The van der Waals surface area contributed by atoms with Crippen LogP contribution in [-0.4, -0.2) is 21.9 Å². The Balaban J connectivity index is 2.24. The number of amides is 1. The lowest BCUT2D eigenvalue weighted by atomic mass is 10.2. The van der Waals surface area contributed by atoms with Gasteiger partial charge in [-0.25, -0.2) is 4.79 Å². The molecule has 0 spiro atoms. The fourth-order valence-electron chi connectivity index (χ4n) is 2.22. The number of benzene rings is 2. The zero-order valence-electron chi connectivity index (χ0n) is 14.4. The summed E-state index contributed by atoms with van der Waals surface area (Å²) in [5.41, 5.74) is 1.00. The minimum atomic E-state index is -1.24. The summed E-state index contributed by atoms with van der Waals surface area (Å²) in [6, 6.07) is 9.62. The molecule has 0 fully saturated rings. The highest BCUT2D eigenvalue weighted by atomic mass is 127. The number of nitro groups is 1. The van der Waals surface area contributed by atoms with Gasteiger partial charge in [0, 0.05) is 19.1 Å². The molecule has 0 heterocycles. The van der Waals surface area contributed by atoms with Crippen molar-refractivity contribution in [1.82, 2.24) is 5.32 Å². The van der Waals surface area contributed by atoms with Gasteiger partial charge in [0.25, 0.3) is 5.69 Å². The largest absolute Gasteiger partial charge is 0.487 e. The van der Waals surface area contributed by atoms with E-state index in [4.69, 9.17) is 4.74 Å². The Kier molecular flexibility index (Phi) is 7.74. The standard InChI is InChI=1S/C18H14I2N2O6/c1-10(23)21-16(18(24)25)8-12-6-14(19)17(15(20)7-12)28-9-11-3-2-4-13(5-11)22(26)27/h2-8H,9H2,1H3,(H,21,23)(H,24,25). The summed E-state index contributed by atoms with van der Waals surface area (Å²) in [4.78, 5) is 32.8. The molecule has 146 valence electrons. The Morgan fingerprint density at radius 2 is 1.89 bits per heavy atom. The van der Waals surface area contributed by atoms with Crippen molar-refractivity contribution >= 4 is 68.8 Å². The second-order valence-corrected chi connectivity index (χ2v) is 7.90. The van der Waals surface area contributed by atoms with E-state index >= 15 is 0 Å². The van der Waals surface area contributed by atoms with Crippen LogP contribution in [0.1, 0.15) is 18.1 Å². The van der Waals surface area contributed by atoms with E-state index in [1.54, 1.807) is 24.3 Å². The summed E-state index contributed by atoms with van der Waals surface area (Å²) in [5, 5.41) is 22.3. The maximum absolute atomic E-state index is 11.3. The van der Waals surface area contributed by atoms with Crippen molar-refractivity contribution in [1.29, 1.82) is 0 Å². The van der Waals surface area contributed by atoms with E-state index < -0.39 is 16.8 Å². The number of carboxylic acids is 1. The van der Waals surface area contributed by atoms with E-state index in [-0.39, 0.29) is 18.0 Å². The van der Waals surface area contributed by atoms with Gasteiger partial charge in [-0.05, 0) is 74.5 Å². The number of hydrogen-bond donors (Lipinski definition) is 2. The van der Waals surface area contributed by atoms with Crippen LogP contribution in [-0.2, 0) is 16.2 Å². The molecule has 0 bridgehead atoms. The number of non-ortho nitro benzene ring substituents is 1. The lowest BCUT2D eigenvalue weighted by molar-refractivity contribution is -0.384. The highest BCUT2D eigenvalue weighted by molar-refractivity contribution is 14.1. The lowest BCUT2D eigenvalue weighted by Gasteiger charge is -2.12. The molecule has 0 aliphatic rings. The molecular formula is C18H14I2N2O6. The number of carbonyl (C=O) groups excluding carboxylic acids is 1. The lowest BCUT2D eigenvalue weighted by Crippen LogP contribution is -2.24. The average Bonchev–Trinajstić information content (AvgIpc) is 2.60. The highest BCUT2D eigenvalue weighted by Gasteiger charge is 2.13. The first-order valence-electron chi connectivity index (χ1n) is 7.75. The molecule has 0 saturated heterocycles. The van der Waals surface area contributed by atoms with Crippen molar-refractivity contribution in [3.05, 3.63) is 70.5 Å². The SMILES string of the molecule is CC(=O)NC(=Cc1cc(I)c(OCc2cccc([N+](=O)[O-])c2)c(I)c1)C(=O)O. The zero-order valence-corrected chi connectivity index (χ0v) is 18.8. The fourth-order valence-corrected chi connectivity index (χ4v) is 4.35. The number of carboxylic acid groups (broad SMARTS) is 1. The van der Waals surface area contributed by atoms with E-state index in [0.29, 0.717) is 16.9 Å². The monoisotopic (exact) mass is 608 g/mol. The predicted molar refractivity (Wildman–Crippen MR) is 119 cm³/mol. The van der Waals surface area contributed by atoms with Crippen LogP contribution in [0.15, 0.2) is 42.1 Å². The molecule has 0 unspecified atom stereocenters. The smallest absolute Gasteiger partial charge is 0.352 e. The summed E-state index contributed by atoms with van der Waals surface area (Å²) < 4.78 is 7.28. The molecule has 0 radical (unpaired) electrons. The Bertz CT molecular complexity index is 951. The quantitative estimate of drug-likeness (QED) is 0.213. The number of ether oxygens (including phenoxy) is 1. The van der Waals surface area contributed by atoms with Crippen molar-refractivity contribution in [3.63, 3.8) is 0 Å². The summed E-state index contributed by atoms with van der Waals surface area (Å²) in [6.45, 7) is 1.38. The molecular weight excluding hydrogens is 594 g/mol. The van der Waals surface area contributed by atoms with E-state index in [1.165, 1.54) is 25.1 Å². The number of hydrogen-bond acceptors (Lipinski definition) is 5. The molecule has 1 amide bonds. The van der Waals surface area contributed by atoms with Crippen molar-refractivity contribution in [3.8, 4) is 5.75 Å². The first kappa shape index (κ1) is 22.1. The van der Waals surface area contributed by atoms with Crippen molar-refractivity contribution < 1.29 is 24.4 Å². The molecule has 8 nitrogen and oxygen atoms in total. The van der Waals surface area contributed by atoms with Crippen LogP contribution in [0.25, 0.3) is 6.08 Å². The van der Waals surface area contributed by atoms with Crippen LogP contribution in [0.2, 0.25) is 0 Å². The number of aliphatic carboxylic acids is 1. The maximum atomic E-state index is 11.3. The van der Waals surface area contributed by atoms with E-state index in [0.717, 1.165) is 7.14 Å². The highest BCUT2D eigenvalue weighted by Crippen LogP contribution is 2.30. The molecule has 0 atom stereocenters. The third-order valence-corrected chi connectivity index (χ3v) is 4.98. The van der Waals surface area contributed by atoms with E-state index in [2.05, 4.69) is 50.5 Å². The third-order valence-electron chi connectivity index (χ3n) is 3.38. The summed E-state index contributed by atoms with van der Waals surface area (Å²) in [5.74, 6) is -1.14. The van der Waals surface area contributed by atoms with Crippen molar-refractivity contribution in [2.45, 2.75) is 13.5 Å². The Hall–Kier alpha value is -2.22. The second-order valence-electron chi connectivity index (χ2n) is 5.57. The third kappa shape index (κ3) is 6.15. The minimum Gasteiger partial charge on any atom is -0.487 e. The van der Waals surface area contributed by atoms with Crippen LogP contribution < -0.4 is 10.1 Å². The van der Waals surface area contributed by atoms with Crippen LogP contribution >= 0.6 is 45.2 Å². The Morgan fingerprint density at radius 1 is 1.25 bits per heavy atom. The van der Waals surface area contributed by atoms with Crippen molar-refractivity contribution in [2.75, 3.05) is 0 Å². The Labute approximate surface area is 187 Å². The fraction of sp³-hybridized carbons (Fsp3) is 0.111. The normalized spacial score (nSPS) is 11.0. The first-order chi connectivity index (χ1) is 13.2. The van der Waals surface area contributed by atoms with Crippen LogP contribution in [0.3, 0.4) is 0 Å². The van der Waals surface area contributed by atoms with E-state index in [9.17, 15) is 24.8 Å². The molecule has 0 aromatic heterocycles. The number of halogens is 2. The van der Waals surface area contributed by atoms with Crippen molar-refractivity contribution in [2.24, 2.45) is 0 Å². The average molecular weight is 608 g/mol. The van der Waals surface area contributed by atoms with Gasteiger partial charge in [-0.15, -0.1) is 0 Å². The number of nitro benzene ring substituents is 1. The summed E-state index contributed by atoms with van der Waals surface area (Å²) in [6.07, 6.45) is 1.36. The minimum absolute atomic E-state index is 0.00912. The molecule has 2 N–H and O–H groups in total. The molecule has 0 aliphatic carbocycles. The number of nitrogens with zero attached hydrogens (tertiary/aromatic N) is 1. The van der Waals surface area contributed by atoms with Gasteiger partial charge in [0.15, 0.2) is 0 Å². The van der Waals surface area contributed by atoms with Gasteiger partial charge < -0.3 is 15.2 Å². The number of nitrogens with one attached hydrogen (secondary N) is 1. The predicted octanol–water partition coefficient (Wildman–Crippen LogP) is 3.94. The maximum Gasteiger partial charge on any atom is 0.352 e.